The molecule has 13 heteroatoms. The molecule has 0 radical (unpaired) electrons. The summed E-state index contributed by atoms with van der Waals surface area (Å²) in [5, 5.41) is 6.35. The van der Waals surface area contributed by atoms with E-state index < -0.39 is 35.5 Å². The van der Waals surface area contributed by atoms with Crippen LogP contribution in [0.5, 0.6) is 0 Å². The van der Waals surface area contributed by atoms with Crippen LogP contribution in [0, 0.1) is 6.92 Å². The molecule has 0 atom stereocenters. The van der Waals surface area contributed by atoms with Crippen LogP contribution < -0.4 is 16.2 Å². The number of ether oxygens (including phenoxy) is 1. The van der Waals surface area contributed by atoms with E-state index >= 15 is 0 Å². The minimum atomic E-state index is -4.69. The molecule has 1 aromatic heterocycles. The average molecular weight is 476 g/mol. The van der Waals surface area contributed by atoms with E-state index in [2.05, 4.69) is 20.6 Å². The van der Waals surface area contributed by atoms with Crippen molar-refractivity contribution in [3.63, 3.8) is 0 Å². The summed E-state index contributed by atoms with van der Waals surface area (Å²) in [6.07, 6.45) is -4.56. The number of benzene rings is 1. The van der Waals surface area contributed by atoms with Crippen molar-refractivity contribution in [3.8, 4) is 0 Å². The van der Waals surface area contributed by atoms with Crippen LogP contribution in [0.25, 0.3) is 0 Å². The molecule has 0 aliphatic carbocycles. The van der Waals surface area contributed by atoms with E-state index in [1.165, 1.54) is 19.1 Å². The number of hydrazine groups is 1. The summed E-state index contributed by atoms with van der Waals surface area (Å²) in [4.78, 5) is 36.3. The number of methoxy groups -OCH3 is 1. The molecule has 0 saturated carbocycles. The molecule has 0 saturated heterocycles. The minimum Gasteiger partial charge on any atom is -0.452 e. The number of halogens is 4. The van der Waals surface area contributed by atoms with Crippen LogP contribution in [0.4, 0.5) is 23.7 Å². The number of aryl methyl sites for hydroxylation is 2. The third-order valence-electron chi connectivity index (χ3n) is 4.27. The second-order valence-corrected chi connectivity index (χ2v) is 7.10. The number of anilines is 1. The first kappa shape index (κ1) is 25.0. The maximum absolute atomic E-state index is 13.3. The lowest BCUT2D eigenvalue weighted by Gasteiger charge is -2.14. The van der Waals surface area contributed by atoms with Gasteiger partial charge in [-0.05, 0) is 31.0 Å². The molecule has 3 amide bonds. The average Bonchev–Trinajstić information content (AvgIpc) is 3.16. The third-order valence-corrected chi connectivity index (χ3v) is 4.49. The molecule has 0 fully saturated rings. The SMILES string of the molecule is CCCCn1nc(C(=O)Nc2c(C)cc(Cl)cc2C(=O)NNC(=O)OC)cc1C(F)(F)F. The number of unbranched alkanes of at least 4 members (excludes halogenated alkanes) is 1. The normalized spacial score (nSPS) is 11.1. The number of carbonyl (C=O) groups is 3. The number of hydrogen-bond donors (Lipinski definition) is 3. The highest BCUT2D eigenvalue weighted by Gasteiger charge is 2.36. The lowest BCUT2D eigenvalue weighted by Crippen LogP contribution is -2.41. The molecule has 1 aromatic carbocycles. The smallest absolute Gasteiger partial charge is 0.433 e. The van der Waals surface area contributed by atoms with E-state index in [0.717, 1.165) is 11.8 Å². The van der Waals surface area contributed by atoms with Crippen molar-refractivity contribution >= 4 is 35.2 Å². The van der Waals surface area contributed by atoms with E-state index in [-0.39, 0.29) is 22.8 Å². The Morgan fingerprint density at radius 1 is 1.16 bits per heavy atom. The van der Waals surface area contributed by atoms with Crippen molar-refractivity contribution in [1.29, 1.82) is 0 Å². The Kier molecular flexibility index (Phi) is 8.08. The molecule has 0 aliphatic rings. The van der Waals surface area contributed by atoms with Crippen molar-refractivity contribution < 1.29 is 32.3 Å². The highest BCUT2D eigenvalue weighted by Crippen LogP contribution is 2.31. The zero-order valence-corrected chi connectivity index (χ0v) is 18.1. The number of hydrogen-bond acceptors (Lipinski definition) is 5. The van der Waals surface area contributed by atoms with Gasteiger partial charge in [0.1, 0.15) is 5.69 Å². The molecule has 1 heterocycles. The first-order chi connectivity index (χ1) is 15.0. The Morgan fingerprint density at radius 3 is 2.44 bits per heavy atom. The number of aromatic nitrogens is 2. The van der Waals surface area contributed by atoms with Crippen LogP contribution in [-0.4, -0.2) is 34.8 Å². The van der Waals surface area contributed by atoms with Gasteiger partial charge in [-0.2, -0.15) is 18.3 Å². The Balaban J connectivity index is 2.36. The molecule has 0 spiro atoms. The topological polar surface area (TPSA) is 114 Å². The van der Waals surface area contributed by atoms with Gasteiger partial charge in [0.15, 0.2) is 5.69 Å². The van der Waals surface area contributed by atoms with E-state index in [1.807, 2.05) is 12.3 Å². The van der Waals surface area contributed by atoms with Gasteiger partial charge in [-0.25, -0.2) is 10.2 Å². The predicted octanol–water partition coefficient (Wildman–Crippen LogP) is 3.92. The second-order valence-electron chi connectivity index (χ2n) is 6.66. The molecule has 32 heavy (non-hydrogen) atoms. The largest absolute Gasteiger partial charge is 0.452 e. The van der Waals surface area contributed by atoms with E-state index in [0.29, 0.717) is 24.5 Å². The summed E-state index contributed by atoms with van der Waals surface area (Å²) in [5.41, 5.74) is 2.73. The molecular weight excluding hydrogens is 455 g/mol. The zero-order chi connectivity index (χ0) is 24.1. The number of alkyl halides is 3. The molecule has 2 rings (SSSR count). The lowest BCUT2D eigenvalue weighted by atomic mass is 10.1. The molecule has 0 bridgehead atoms. The van der Waals surface area contributed by atoms with Crippen molar-refractivity contribution in [1.82, 2.24) is 20.6 Å². The molecule has 0 aliphatic heterocycles. The van der Waals surface area contributed by atoms with Gasteiger partial charge in [0.05, 0.1) is 18.4 Å². The first-order valence-electron chi connectivity index (χ1n) is 9.38. The zero-order valence-electron chi connectivity index (χ0n) is 17.4. The Morgan fingerprint density at radius 2 is 1.84 bits per heavy atom. The van der Waals surface area contributed by atoms with E-state index in [9.17, 15) is 27.6 Å². The van der Waals surface area contributed by atoms with Gasteiger partial charge >= 0.3 is 12.3 Å². The van der Waals surface area contributed by atoms with Crippen LogP contribution in [0.15, 0.2) is 18.2 Å². The number of nitrogens with one attached hydrogen (secondary N) is 3. The highest BCUT2D eigenvalue weighted by molar-refractivity contribution is 6.31. The molecule has 2 aromatic rings. The van der Waals surface area contributed by atoms with Crippen molar-refractivity contribution in [2.45, 2.75) is 39.4 Å². The minimum absolute atomic E-state index is 0.00848. The monoisotopic (exact) mass is 475 g/mol. The maximum atomic E-state index is 13.3. The van der Waals surface area contributed by atoms with Crippen LogP contribution in [0.1, 0.15) is 51.9 Å². The van der Waals surface area contributed by atoms with Crippen LogP contribution in [-0.2, 0) is 17.5 Å². The van der Waals surface area contributed by atoms with Gasteiger partial charge in [0.25, 0.3) is 11.8 Å². The van der Waals surface area contributed by atoms with Crippen LogP contribution in [0.3, 0.4) is 0 Å². The molecule has 9 nitrogen and oxygen atoms in total. The summed E-state index contributed by atoms with van der Waals surface area (Å²) in [5.74, 6) is -1.80. The van der Waals surface area contributed by atoms with Gasteiger partial charge in [-0.1, -0.05) is 24.9 Å². The summed E-state index contributed by atoms with van der Waals surface area (Å²) < 4.78 is 45.1. The van der Waals surface area contributed by atoms with E-state index in [4.69, 9.17) is 11.6 Å². The third kappa shape index (κ3) is 6.13. The highest BCUT2D eigenvalue weighted by atomic mass is 35.5. The Labute approximate surface area is 186 Å². The fourth-order valence-corrected chi connectivity index (χ4v) is 3.00. The summed E-state index contributed by atoms with van der Waals surface area (Å²) in [7, 11) is 1.09. The van der Waals surface area contributed by atoms with Crippen LogP contribution >= 0.6 is 11.6 Å². The number of rotatable bonds is 6. The molecule has 0 unspecified atom stereocenters. The van der Waals surface area contributed by atoms with Gasteiger partial charge in [0, 0.05) is 17.6 Å². The van der Waals surface area contributed by atoms with Crippen molar-refractivity contribution in [3.05, 3.63) is 45.7 Å². The van der Waals surface area contributed by atoms with Crippen molar-refractivity contribution in [2.24, 2.45) is 0 Å². The molecule has 174 valence electrons. The van der Waals surface area contributed by atoms with Gasteiger partial charge in [0.2, 0.25) is 0 Å². The molecule has 3 N–H and O–H groups in total. The van der Waals surface area contributed by atoms with Crippen LogP contribution in [0.2, 0.25) is 5.02 Å². The summed E-state index contributed by atoms with van der Waals surface area (Å²) in [6.45, 7) is 3.34. The second kappa shape index (κ2) is 10.4. The number of amides is 3. The standard InChI is InChI=1S/C19H21ClF3N5O4/c1-4-5-6-28-14(19(21,22)23)9-13(27-28)17(30)24-15-10(2)7-11(20)8-12(15)16(29)25-26-18(31)32-3/h7-9H,4-6H2,1-3H3,(H,24,30)(H,25,29)(H,26,31). The van der Waals surface area contributed by atoms with Gasteiger partial charge in [-0.3, -0.25) is 19.7 Å². The predicted molar refractivity (Wildman–Crippen MR) is 109 cm³/mol. The Bertz CT molecular complexity index is 1020. The van der Waals surface area contributed by atoms with Crippen molar-refractivity contribution in [2.75, 3.05) is 12.4 Å². The first-order valence-corrected chi connectivity index (χ1v) is 9.76. The van der Waals surface area contributed by atoms with Gasteiger partial charge < -0.3 is 10.1 Å². The quantitative estimate of drug-likeness (QED) is 0.548. The fourth-order valence-electron chi connectivity index (χ4n) is 2.73. The fraction of sp³-hybridized carbons (Fsp3) is 0.368. The molecular formula is C19H21ClF3N5O4. The maximum Gasteiger partial charge on any atom is 0.433 e. The lowest BCUT2D eigenvalue weighted by molar-refractivity contribution is -0.144. The van der Waals surface area contributed by atoms with E-state index in [1.54, 1.807) is 0 Å². The summed E-state index contributed by atoms with van der Waals surface area (Å²) in [6, 6.07) is 3.32. The Hall–Kier alpha value is -3.28. The van der Waals surface area contributed by atoms with Gasteiger partial charge in [-0.15, -0.1) is 0 Å². The number of nitrogens with zero attached hydrogens (tertiary/aromatic N) is 2. The summed E-state index contributed by atoms with van der Waals surface area (Å²) >= 11 is 5.99. The number of carbonyl (C=O) groups excluding carboxylic acids is 3.